The number of carboxylic acids is 1. The van der Waals surface area contributed by atoms with Gasteiger partial charge in [0.25, 0.3) is 5.56 Å². The van der Waals surface area contributed by atoms with E-state index >= 15 is 0 Å². The molecule has 0 spiro atoms. The maximum absolute atomic E-state index is 12.7. The number of carbonyl (C=O) groups is 3. The van der Waals surface area contributed by atoms with Crippen molar-refractivity contribution < 1.29 is 24.2 Å². The Bertz CT molecular complexity index is 1240. The van der Waals surface area contributed by atoms with Crippen LogP contribution in [-0.2, 0) is 16.1 Å². The lowest BCUT2D eigenvalue weighted by molar-refractivity contribution is -0.116. The van der Waals surface area contributed by atoms with Crippen LogP contribution in [0.2, 0.25) is 0 Å². The number of hydrogen-bond donors (Lipinski definition) is 2. The minimum absolute atomic E-state index is 0.0388. The van der Waals surface area contributed by atoms with Crippen LogP contribution in [0.25, 0.3) is 10.2 Å². The van der Waals surface area contributed by atoms with Crippen LogP contribution in [0.1, 0.15) is 44.4 Å². The van der Waals surface area contributed by atoms with E-state index in [0.29, 0.717) is 21.0 Å². The number of carboxylic acid groups (broad SMARTS) is 1. The van der Waals surface area contributed by atoms with Crippen molar-refractivity contribution in [3.63, 3.8) is 0 Å². The fourth-order valence-electron chi connectivity index (χ4n) is 2.74. The second-order valence-electron chi connectivity index (χ2n) is 7.19. The van der Waals surface area contributed by atoms with Crippen molar-refractivity contribution in [2.75, 3.05) is 11.9 Å². The molecule has 3 aromatic rings. The second kappa shape index (κ2) is 8.94. The van der Waals surface area contributed by atoms with Crippen LogP contribution in [0.4, 0.5) is 5.13 Å². The third-order valence-electron chi connectivity index (χ3n) is 4.20. The van der Waals surface area contributed by atoms with Gasteiger partial charge < -0.3 is 15.2 Å². The monoisotopic (exact) mass is 464 g/mol. The SMILES string of the molecule is Cc1nc(NC(=O)Cn2cnc3sc(C(=O)O)c(C)c3c2=O)sc1C(=O)OCC(C)C. The topological polar surface area (TPSA) is 140 Å². The molecule has 164 valence electrons. The average Bonchev–Trinajstić information content (AvgIpc) is 3.22. The molecule has 0 aliphatic carbocycles. The molecule has 10 nitrogen and oxygen atoms in total. The summed E-state index contributed by atoms with van der Waals surface area (Å²) in [5.74, 6) is -1.98. The zero-order valence-corrected chi connectivity index (χ0v) is 18.8. The summed E-state index contributed by atoms with van der Waals surface area (Å²) in [6.07, 6.45) is 1.20. The number of thiazole rings is 1. The Labute approximate surface area is 184 Å². The van der Waals surface area contributed by atoms with Gasteiger partial charge in [-0.2, -0.15) is 0 Å². The Hall–Kier alpha value is -3.12. The van der Waals surface area contributed by atoms with Gasteiger partial charge in [-0.15, -0.1) is 11.3 Å². The minimum Gasteiger partial charge on any atom is -0.477 e. The Morgan fingerprint density at radius 2 is 1.94 bits per heavy atom. The maximum Gasteiger partial charge on any atom is 0.350 e. The number of aryl methyl sites for hydroxylation is 2. The van der Waals surface area contributed by atoms with Crippen LogP contribution in [0.5, 0.6) is 0 Å². The first kappa shape index (κ1) is 22.6. The van der Waals surface area contributed by atoms with Crippen LogP contribution in [-0.4, -0.2) is 44.1 Å². The van der Waals surface area contributed by atoms with E-state index < -0.39 is 23.4 Å². The highest BCUT2D eigenvalue weighted by atomic mass is 32.1. The van der Waals surface area contributed by atoms with E-state index in [1.54, 1.807) is 6.92 Å². The summed E-state index contributed by atoms with van der Waals surface area (Å²) < 4.78 is 6.29. The van der Waals surface area contributed by atoms with Crippen molar-refractivity contribution in [2.45, 2.75) is 34.2 Å². The Morgan fingerprint density at radius 1 is 1.23 bits per heavy atom. The van der Waals surface area contributed by atoms with Gasteiger partial charge in [-0.3, -0.25) is 14.2 Å². The number of anilines is 1. The number of ether oxygens (including phenoxy) is 1. The number of aromatic nitrogens is 3. The second-order valence-corrected chi connectivity index (χ2v) is 9.19. The number of nitrogens with one attached hydrogen (secondary N) is 1. The molecule has 0 saturated carbocycles. The largest absolute Gasteiger partial charge is 0.477 e. The number of hydrogen-bond acceptors (Lipinski definition) is 9. The molecule has 3 heterocycles. The molecular formula is C19H20N4O6S2. The van der Waals surface area contributed by atoms with E-state index in [9.17, 15) is 24.3 Å². The van der Waals surface area contributed by atoms with Gasteiger partial charge in [0.05, 0.1) is 24.0 Å². The van der Waals surface area contributed by atoms with Crippen molar-refractivity contribution in [1.29, 1.82) is 0 Å². The van der Waals surface area contributed by atoms with Crippen molar-refractivity contribution in [2.24, 2.45) is 5.92 Å². The maximum atomic E-state index is 12.7. The van der Waals surface area contributed by atoms with Crippen molar-refractivity contribution >= 4 is 55.9 Å². The highest BCUT2D eigenvalue weighted by Crippen LogP contribution is 2.27. The molecule has 0 unspecified atom stereocenters. The number of rotatable bonds is 7. The number of aromatic carboxylic acids is 1. The highest BCUT2D eigenvalue weighted by molar-refractivity contribution is 7.20. The predicted octanol–water partition coefficient (Wildman–Crippen LogP) is 2.68. The summed E-state index contributed by atoms with van der Waals surface area (Å²) in [7, 11) is 0. The van der Waals surface area contributed by atoms with Crippen LogP contribution < -0.4 is 10.9 Å². The lowest BCUT2D eigenvalue weighted by Gasteiger charge is -2.06. The van der Waals surface area contributed by atoms with Gasteiger partial charge in [0.2, 0.25) is 5.91 Å². The van der Waals surface area contributed by atoms with Gasteiger partial charge in [-0.05, 0) is 25.3 Å². The summed E-state index contributed by atoms with van der Waals surface area (Å²) in [5, 5.41) is 12.2. The molecule has 3 aromatic heterocycles. The quantitative estimate of drug-likeness (QED) is 0.509. The van der Waals surface area contributed by atoms with Gasteiger partial charge in [-0.25, -0.2) is 19.6 Å². The Kier molecular flexibility index (Phi) is 6.51. The van der Waals surface area contributed by atoms with Crippen molar-refractivity contribution in [1.82, 2.24) is 14.5 Å². The Balaban J connectivity index is 1.76. The minimum atomic E-state index is -1.13. The summed E-state index contributed by atoms with van der Waals surface area (Å²) >= 11 is 1.90. The fraction of sp³-hybridized carbons (Fsp3) is 0.368. The number of fused-ring (bicyclic) bond motifs is 1. The van der Waals surface area contributed by atoms with Gasteiger partial charge in [-0.1, -0.05) is 25.2 Å². The molecule has 0 saturated heterocycles. The third kappa shape index (κ3) is 4.80. The smallest absolute Gasteiger partial charge is 0.350 e. The molecule has 12 heteroatoms. The van der Waals surface area contributed by atoms with Crippen molar-refractivity contribution in [3.8, 4) is 0 Å². The van der Waals surface area contributed by atoms with E-state index in [0.717, 1.165) is 27.2 Å². The summed E-state index contributed by atoms with van der Waals surface area (Å²) in [6, 6.07) is 0. The van der Waals surface area contributed by atoms with Crippen LogP contribution >= 0.6 is 22.7 Å². The van der Waals surface area contributed by atoms with Crippen LogP contribution in [0, 0.1) is 19.8 Å². The first-order valence-electron chi connectivity index (χ1n) is 9.24. The average molecular weight is 465 g/mol. The molecule has 0 aliphatic rings. The molecule has 0 aliphatic heterocycles. The van der Waals surface area contributed by atoms with E-state index in [2.05, 4.69) is 15.3 Å². The normalized spacial score (nSPS) is 11.1. The number of esters is 1. The molecule has 0 fully saturated rings. The zero-order chi connectivity index (χ0) is 22.9. The van der Waals surface area contributed by atoms with Gasteiger partial charge in [0.1, 0.15) is 21.1 Å². The van der Waals surface area contributed by atoms with E-state index in [1.165, 1.54) is 13.3 Å². The number of thiophene rings is 1. The van der Waals surface area contributed by atoms with E-state index in [1.807, 2.05) is 13.8 Å². The van der Waals surface area contributed by atoms with Crippen LogP contribution in [0.15, 0.2) is 11.1 Å². The number of amides is 1. The van der Waals surface area contributed by atoms with Gasteiger partial charge >= 0.3 is 11.9 Å². The number of carbonyl (C=O) groups excluding carboxylic acids is 2. The summed E-state index contributed by atoms with van der Waals surface area (Å²) in [5.41, 5.74) is 0.249. The van der Waals surface area contributed by atoms with Gasteiger partial charge in [0.15, 0.2) is 5.13 Å². The highest BCUT2D eigenvalue weighted by Gasteiger charge is 2.21. The standard InChI is InChI=1S/C19H20N4O6S2/c1-8(2)6-29-18(28)14-10(4)21-19(31-14)22-11(24)5-23-7-20-15-12(16(23)25)9(3)13(30-15)17(26)27/h7-8H,5-6H2,1-4H3,(H,26,27)(H,21,22,24). The summed E-state index contributed by atoms with van der Waals surface area (Å²) in [4.78, 5) is 57.5. The predicted molar refractivity (Wildman–Crippen MR) is 116 cm³/mol. The molecule has 31 heavy (non-hydrogen) atoms. The van der Waals surface area contributed by atoms with E-state index in [4.69, 9.17) is 4.74 Å². The van der Waals surface area contributed by atoms with Gasteiger partial charge in [0, 0.05) is 0 Å². The lowest BCUT2D eigenvalue weighted by atomic mass is 10.2. The van der Waals surface area contributed by atoms with Crippen molar-refractivity contribution in [3.05, 3.63) is 37.7 Å². The molecule has 0 bridgehead atoms. The zero-order valence-electron chi connectivity index (χ0n) is 17.2. The van der Waals surface area contributed by atoms with E-state index in [-0.39, 0.29) is 34.5 Å². The molecule has 3 rings (SSSR count). The first-order chi connectivity index (χ1) is 14.6. The summed E-state index contributed by atoms with van der Waals surface area (Å²) in [6.45, 7) is 6.96. The fourth-order valence-corrected chi connectivity index (χ4v) is 4.59. The molecule has 0 aromatic carbocycles. The Morgan fingerprint density at radius 3 is 2.58 bits per heavy atom. The molecule has 0 radical (unpaired) electrons. The number of nitrogens with zero attached hydrogens (tertiary/aromatic N) is 3. The third-order valence-corrected chi connectivity index (χ3v) is 6.44. The first-order valence-corrected chi connectivity index (χ1v) is 10.9. The molecule has 1 amide bonds. The van der Waals surface area contributed by atoms with Crippen LogP contribution in [0.3, 0.4) is 0 Å². The molecule has 2 N–H and O–H groups in total. The molecule has 0 atom stereocenters. The molecular weight excluding hydrogens is 444 g/mol. The lowest BCUT2D eigenvalue weighted by Crippen LogP contribution is -2.27.